The molecular formula is C32H32ClN5O4. The summed E-state index contributed by atoms with van der Waals surface area (Å²) in [5.74, 6) is 0.639. The molecule has 0 bridgehead atoms. The lowest BCUT2D eigenvalue weighted by Crippen LogP contribution is -2.38. The summed E-state index contributed by atoms with van der Waals surface area (Å²) in [6.07, 6.45) is 4.16. The van der Waals surface area contributed by atoms with E-state index in [9.17, 15) is 9.59 Å². The molecule has 0 unspecified atom stereocenters. The molecule has 42 heavy (non-hydrogen) atoms. The summed E-state index contributed by atoms with van der Waals surface area (Å²) in [7, 11) is 1.63. The zero-order valence-electron chi connectivity index (χ0n) is 23.7. The number of amides is 2. The molecule has 2 aliphatic heterocycles. The fourth-order valence-corrected chi connectivity index (χ4v) is 5.83. The van der Waals surface area contributed by atoms with Crippen molar-refractivity contribution in [2.45, 2.75) is 32.7 Å². The number of aromatic nitrogens is 2. The van der Waals surface area contributed by atoms with Gasteiger partial charge in [-0.15, -0.1) is 0 Å². The Balaban J connectivity index is 1.35. The Morgan fingerprint density at radius 3 is 2.48 bits per heavy atom. The summed E-state index contributed by atoms with van der Waals surface area (Å²) in [6.45, 7) is 5.40. The number of halogens is 1. The van der Waals surface area contributed by atoms with Crippen LogP contribution in [0.1, 0.15) is 57.6 Å². The van der Waals surface area contributed by atoms with Crippen LogP contribution in [0.4, 0.5) is 5.69 Å². The van der Waals surface area contributed by atoms with Crippen LogP contribution in [0.5, 0.6) is 5.75 Å². The number of benzene rings is 3. The predicted molar refractivity (Wildman–Crippen MR) is 163 cm³/mol. The van der Waals surface area contributed by atoms with Gasteiger partial charge in [0.05, 0.1) is 37.7 Å². The summed E-state index contributed by atoms with van der Waals surface area (Å²) in [5, 5.41) is 7.15. The van der Waals surface area contributed by atoms with Gasteiger partial charge in [0.2, 0.25) is 0 Å². The summed E-state index contributed by atoms with van der Waals surface area (Å²) >= 11 is 6.63. The normalized spacial score (nSPS) is 15.3. The lowest BCUT2D eigenvalue weighted by Gasteiger charge is -2.31. The largest absolute Gasteiger partial charge is 0.497 e. The first kappa shape index (κ1) is 27.9. The van der Waals surface area contributed by atoms with E-state index in [1.165, 1.54) is 6.21 Å². The quantitative estimate of drug-likeness (QED) is 0.189. The molecule has 0 spiro atoms. The zero-order valence-corrected chi connectivity index (χ0v) is 24.4. The summed E-state index contributed by atoms with van der Waals surface area (Å²) in [6, 6.07) is 17.1. The first-order valence-corrected chi connectivity index (χ1v) is 14.6. The van der Waals surface area contributed by atoms with Crippen LogP contribution in [0.15, 0.2) is 59.7 Å². The van der Waals surface area contributed by atoms with E-state index in [4.69, 9.17) is 21.1 Å². The molecule has 1 aromatic heterocycles. The van der Waals surface area contributed by atoms with Gasteiger partial charge in [-0.3, -0.25) is 9.59 Å². The second-order valence-corrected chi connectivity index (χ2v) is 10.7. The van der Waals surface area contributed by atoms with Crippen molar-refractivity contribution in [3.05, 3.63) is 88.0 Å². The van der Waals surface area contributed by atoms with Gasteiger partial charge in [-0.05, 0) is 42.3 Å². The van der Waals surface area contributed by atoms with Crippen molar-refractivity contribution in [1.29, 1.82) is 0 Å². The number of hydrogen-bond donors (Lipinski definition) is 0. The lowest BCUT2D eigenvalue weighted by atomic mass is 9.93. The SMILES string of the molecule is CCCCc1nc(Cl)c(/C=N/N2C(=O)c3cccc4c(N5CCOCC5)ccc(c34)C2=O)n1Cc1ccc(OC)cc1. The van der Waals surface area contributed by atoms with Crippen LogP contribution in [0.3, 0.4) is 0 Å². The number of anilines is 1. The number of imide groups is 1. The minimum absolute atomic E-state index is 0.271. The van der Waals surface area contributed by atoms with Crippen LogP contribution in [0.25, 0.3) is 10.8 Å². The topological polar surface area (TPSA) is 89.3 Å². The molecule has 0 saturated carbocycles. The average molecular weight is 586 g/mol. The average Bonchev–Trinajstić information content (AvgIpc) is 3.32. The Kier molecular flexibility index (Phi) is 7.95. The fourth-order valence-electron chi connectivity index (χ4n) is 5.59. The summed E-state index contributed by atoms with van der Waals surface area (Å²) in [4.78, 5) is 34.2. The molecule has 216 valence electrons. The third kappa shape index (κ3) is 5.14. The van der Waals surface area contributed by atoms with E-state index in [-0.39, 0.29) is 5.15 Å². The molecule has 0 atom stereocenters. The minimum Gasteiger partial charge on any atom is -0.497 e. The number of ether oxygens (including phenoxy) is 2. The van der Waals surface area contributed by atoms with Crippen molar-refractivity contribution in [2.24, 2.45) is 5.10 Å². The molecular weight excluding hydrogens is 554 g/mol. The molecule has 10 heteroatoms. The van der Waals surface area contributed by atoms with Crippen LogP contribution >= 0.6 is 11.6 Å². The standard InChI is InChI=1S/C32H32ClN5O4/c1-3-4-8-28-35-30(33)27(37(28)20-21-9-11-22(41-2)12-10-21)19-34-38-31(39)24-7-5-6-23-26(36-15-17-42-18-16-36)14-13-25(29(23)24)32(38)40/h5-7,9-14,19H,3-4,8,15-18,20H2,1-2H3/b34-19+. The molecule has 0 N–H and O–H groups in total. The van der Waals surface area contributed by atoms with Crippen LogP contribution in [-0.2, 0) is 17.7 Å². The number of carbonyl (C=O) groups excluding carboxylic acids is 2. The molecule has 1 saturated heterocycles. The van der Waals surface area contributed by atoms with E-state index >= 15 is 0 Å². The second kappa shape index (κ2) is 12.0. The maximum absolute atomic E-state index is 13.7. The van der Waals surface area contributed by atoms with Crippen molar-refractivity contribution in [3.63, 3.8) is 0 Å². The number of imidazole rings is 1. The van der Waals surface area contributed by atoms with Gasteiger partial charge in [0.1, 0.15) is 17.3 Å². The Morgan fingerprint density at radius 2 is 1.76 bits per heavy atom. The Bertz CT molecular complexity index is 1650. The lowest BCUT2D eigenvalue weighted by molar-refractivity contribution is 0.0616. The van der Waals surface area contributed by atoms with Crippen LogP contribution in [0.2, 0.25) is 5.15 Å². The van der Waals surface area contributed by atoms with Gasteiger partial charge in [0.15, 0.2) is 5.15 Å². The van der Waals surface area contributed by atoms with Crippen molar-refractivity contribution >= 4 is 46.1 Å². The molecule has 4 aromatic rings. The fraction of sp³-hybridized carbons (Fsp3) is 0.312. The second-order valence-electron chi connectivity index (χ2n) is 10.4. The van der Waals surface area contributed by atoms with Crippen molar-refractivity contribution < 1.29 is 19.1 Å². The third-order valence-corrected chi connectivity index (χ3v) is 8.08. The van der Waals surface area contributed by atoms with E-state index in [1.54, 1.807) is 19.2 Å². The molecule has 3 aromatic carbocycles. The van der Waals surface area contributed by atoms with E-state index < -0.39 is 11.8 Å². The number of morpholine rings is 1. The Labute approximate surface area is 249 Å². The van der Waals surface area contributed by atoms with Gasteiger partial charge in [0, 0.05) is 42.5 Å². The number of methoxy groups -OCH3 is 1. The highest BCUT2D eigenvalue weighted by molar-refractivity contribution is 6.32. The highest BCUT2D eigenvalue weighted by Gasteiger charge is 2.34. The van der Waals surface area contributed by atoms with E-state index in [2.05, 4.69) is 21.9 Å². The van der Waals surface area contributed by atoms with E-state index in [1.807, 2.05) is 47.0 Å². The third-order valence-electron chi connectivity index (χ3n) is 7.81. The minimum atomic E-state index is -0.475. The molecule has 0 radical (unpaired) electrons. The number of carbonyl (C=O) groups is 2. The molecule has 2 aliphatic rings. The first-order valence-electron chi connectivity index (χ1n) is 14.2. The highest BCUT2D eigenvalue weighted by Crippen LogP contribution is 2.36. The Morgan fingerprint density at radius 1 is 1.02 bits per heavy atom. The molecule has 2 amide bonds. The number of unbranched alkanes of at least 4 members (excludes halogenated alkanes) is 1. The summed E-state index contributed by atoms with van der Waals surface area (Å²) in [5.41, 5.74) is 3.43. The van der Waals surface area contributed by atoms with Gasteiger partial charge < -0.3 is 18.9 Å². The Hall–Kier alpha value is -4.21. The number of hydrogen-bond acceptors (Lipinski definition) is 7. The van der Waals surface area contributed by atoms with Gasteiger partial charge in [0.25, 0.3) is 11.8 Å². The van der Waals surface area contributed by atoms with Gasteiger partial charge in [-0.1, -0.05) is 49.2 Å². The molecule has 9 nitrogen and oxygen atoms in total. The van der Waals surface area contributed by atoms with Crippen molar-refractivity contribution in [3.8, 4) is 5.75 Å². The van der Waals surface area contributed by atoms with Gasteiger partial charge >= 0.3 is 0 Å². The van der Waals surface area contributed by atoms with Crippen LogP contribution in [0, 0.1) is 0 Å². The summed E-state index contributed by atoms with van der Waals surface area (Å²) < 4.78 is 12.8. The maximum Gasteiger partial charge on any atom is 0.282 e. The van der Waals surface area contributed by atoms with Crippen molar-refractivity contribution in [1.82, 2.24) is 14.6 Å². The molecule has 1 fully saturated rings. The monoisotopic (exact) mass is 585 g/mol. The van der Waals surface area contributed by atoms with Gasteiger partial charge in [-0.25, -0.2) is 4.98 Å². The zero-order chi connectivity index (χ0) is 29.2. The number of hydrazone groups is 1. The number of rotatable bonds is 9. The van der Waals surface area contributed by atoms with Crippen molar-refractivity contribution in [2.75, 3.05) is 38.3 Å². The number of aryl methyl sites for hydroxylation is 1. The van der Waals surface area contributed by atoms with Crippen LogP contribution < -0.4 is 9.64 Å². The van der Waals surface area contributed by atoms with E-state index in [0.29, 0.717) is 42.0 Å². The smallest absolute Gasteiger partial charge is 0.282 e. The van der Waals surface area contributed by atoms with Gasteiger partial charge in [-0.2, -0.15) is 10.1 Å². The first-order chi connectivity index (χ1) is 20.5. The van der Waals surface area contributed by atoms with E-state index in [0.717, 1.165) is 65.6 Å². The molecule has 6 rings (SSSR count). The highest BCUT2D eigenvalue weighted by atomic mass is 35.5. The maximum atomic E-state index is 13.7. The van der Waals surface area contributed by atoms with Crippen LogP contribution in [-0.4, -0.2) is 66.0 Å². The number of nitrogens with zero attached hydrogens (tertiary/aromatic N) is 5. The molecule has 0 aliphatic carbocycles. The predicted octanol–water partition coefficient (Wildman–Crippen LogP) is 5.56. The molecule has 3 heterocycles.